The molecule has 2 N–H and O–H groups in total. The third-order valence-electron chi connectivity index (χ3n) is 4.24. The Kier molecular flexibility index (Phi) is 4.19. The third-order valence-corrected chi connectivity index (χ3v) is 6.09. The highest BCUT2D eigenvalue weighted by Gasteiger charge is 2.30. The smallest absolute Gasteiger partial charge is 0.218 e. The molecule has 3 rings (SSSR count). The van der Waals surface area contributed by atoms with Crippen LogP contribution in [0.15, 0.2) is 24.3 Å². The maximum absolute atomic E-state index is 12.5. The zero-order chi connectivity index (χ0) is 14.9. The molecule has 0 bridgehead atoms. The number of sulfonamides is 1. The van der Waals surface area contributed by atoms with E-state index in [-0.39, 0.29) is 5.75 Å². The van der Waals surface area contributed by atoms with Crippen LogP contribution in [0, 0.1) is 5.92 Å². The Morgan fingerprint density at radius 2 is 1.86 bits per heavy atom. The zero-order valence-corrected chi connectivity index (χ0v) is 13.1. The van der Waals surface area contributed by atoms with Crippen LogP contribution in [0.3, 0.4) is 0 Å². The number of nitrogens with zero attached hydrogens (tertiary/aromatic N) is 2. The molecular formula is C15H23N3O2S. The number of benzene rings is 1. The largest absolute Gasteiger partial charge is 0.399 e. The molecular weight excluding hydrogens is 286 g/mol. The first-order chi connectivity index (χ1) is 10.0. The maximum Gasteiger partial charge on any atom is 0.218 e. The van der Waals surface area contributed by atoms with Crippen LogP contribution >= 0.6 is 0 Å². The standard InChI is InChI=1S/C15H23N3O2S/c16-15-3-1-2-14(10-15)12-21(19,20)18-8-6-17(7-9-18)11-13-4-5-13/h1-3,10,13H,4-9,11-12,16H2. The average Bonchev–Trinajstić information content (AvgIpc) is 3.23. The molecule has 1 aromatic rings. The minimum atomic E-state index is -3.24. The molecule has 1 aliphatic heterocycles. The van der Waals surface area contributed by atoms with Crippen LogP contribution in [0.25, 0.3) is 0 Å². The van der Waals surface area contributed by atoms with Crippen molar-refractivity contribution in [2.75, 3.05) is 38.5 Å². The van der Waals surface area contributed by atoms with Crippen LogP contribution in [0.1, 0.15) is 18.4 Å². The van der Waals surface area contributed by atoms with Gasteiger partial charge < -0.3 is 10.6 Å². The van der Waals surface area contributed by atoms with E-state index in [2.05, 4.69) is 4.90 Å². The highest BCUT2D eigenvalue weighted by atomic mass is 32.2. The van der Waals surface area contributed by atoms with Gasteiger partial charge in [-0.15, -0.1) is 0 Å². The van der Waals surface area contributed by atoms with Gasteiger partial charge in [0.2, 0.25) is 10.0 Å². The third kappa shape index (κ3) is 3.96. The molecule has 116 valence electrons. The van der Waals surface area contributed by atoms with Crippen molar-refractivity contribution in [3.8, 4) is 0 Å². The molecule has 0 atom stereocenters. The molecule has 1 heterocycles. The summed E-state index contributed by atoms with van der Waals surface area (Å²) in [5, 5.41) is 0. The first kappa shape index (κ1) is 14.8. The van der Waals surface area contributed by atoms with Crippen molar-refractivity contribution < 1.29 is 8.42 Å². The van der Waals surface area contributed by atoms with Crippen LogP contribution in [0.5, 0.6) is 0 Å². The van der Waals surface area contributed by atoms with Gasteiger partial charge in [0, 0.05) is 38.4 Å². The lowest BCUT2D eigenvalue weighted by atomic mass is 10.2. The summed E-state index contributed by atoms with van der Waals surface area (Å²) < 4.78 is 26.6. The fourth-order valence-corrected chi connectivity index (χ4v) is 4.34. The molecule has 1 saturated carbocycles. The van der Waals surface area contributed by atoms with Crippen molar-refractivity contribution in [3.63, 3.8) is 0 Å². The number of piperazine rings is 1. The first-order valence-corrected chi connectivity index (χ1v) is 9.18. The van der Waals surface area contributed by atoms with Gasteiger partial charge in [-0.2, -0.15) is 4.31 Å². The molecule has 1 aliphatic carbocycles. The van der Waals surface area contributed by atoms with Crippen molar-refractivity contribution in [2.45, 2.75) is 18.6 Å². The van der Waals surface area contributed by atoms with E-state index < -0.39 is 10.0 Å². The predicted molar refractivity (Wildman–Crippen MR) is 84.2 cm³/mol. The number of hydrogen-bond acceptors (Lipinski definition) is 4. The van der Waals surface area contributed by atoms with Gasteiger partial charge in [0.15, 0.2) is 0 Å². The highest BCUT2D eigenvalue weighted by Crippen LogP contribution is 2.30. The molecule has 5 nitrogen and oxygen atoms in total. The number of rotatable bonds is 5. The Bertz CT molecular complexity index is 591. The summed E-state index contributed by atoms with van der Waals surface area (Å²) in [6, 6.07) is 7.12. The molecule has 2 fully saturated rings. The normalized spacial score (nSPS) is 21.5. The summed E-state index contributed by atoms with van der Waals surface area (Å²) in [6.07, 6.45) is 2.68. The van der Waals surface area contributed by atoms with Crippen LogP contribution in [0.2, 0.25) is 0 Å². The van der Waals surface area contributed by atoms with Gasteiger partial charge in [-0.05, 0) is 36.5 Å². The van der Waals surface area contributed by atoms with Crippen LogP contribution in [0.4, 0.5) is 5.69 Å². The van der Waals surface area contributed by atoms with Crippen molar-refractivity contribution in [2.24, 2.45) is 5.92 Å². The molecule has 0 spiro atoms. The molecule has 1 saturated heterocycles. The molecule has 6 heteroatoms. The van der Waals surface area contributed by atoms with Gasteiger partial charge in [0.05, 0.1) is 5.75 Å². The second-order valence-electron chi connectivity index (χ2n) is 6.14. The fourth-order valence-electron chi connectivity index (χ4n) is 2.84. The Morgan fingerprint density at radius 1 is 1.14 bits per heavy atom. The van der Waals surface area contributed by atoms with Gasteiger partial charge >= 0.3 is 0 Å². The topological polar surface area (TPSA) is 66.6 Å². The average molecular weight is 309 g/mol. The number of nitrogen functional groups attached to an aromatic ring is 1. The van der Waals surface area contributed by atoms with Gasteiger partial charge in [0.1, 0.15) is 0 Å². The molecule has 0 radical (unpaired) electrons. The molecule has 2 aliphatic rings. The minimum absolute atomic E-state index is 0.0423. The summed E-state index contributed by atoms with van der Waals surface area (Å²) in [6.45, 7) is 4.07. The van der Waals surface area contributed by atoms with Gasteiger partial charge in [-0.25, -0.2) is 8.42 Å². The minimum Gasteiger partial charge on any atom is -0.399 e. The number of hydrogen-bond donors (Lipinski definition) is 1. The fraction of sp³-hybridized carbons (Fsp3) is 0.600. The second-order valence-corrected chi connectivity index (χ2v) is 8.11. The summed E-state index contributed by atoms with van der Waals surface area (Å²) >= 11 is 0. The number of anilines is 1. The van der Waals surface area contributed by atoms with E-state index in [4.69, 9.17) is 5.73 Å². The Balaban J connectivity index is 1.57. The molecule has 0 aromatic heterocycles. The quantitative estimate of drug-likeness (QED) is 0.828. The molecule has 0 amide bonds. The van der Waals surface area contributed by atoms with Crippen molar-refractivity contribution in [3.05, 3.63) is 29.8 Å². The van der Waals surface area contributed by atoms with Crippen molar-refractivity contribution in [1.82, 2.24) is 9.21 Å². The lowest BCUT2D eigenvalue weighted by Crippen LogP contribution is -2.49. The van der Waals surface area contributed by atoms with E-state index in [0.29, 0.717) is 18.8 Å². The second kappa shape index (κ2) is 5.94. The lowest BCUT2D eigenvalue weighted by molar-refractivity contribution is 0.182. The van der Waals surface area contributed by atoms with Crippen LogP contribution in [-0.2, 0) is 15.8 Å². The van der Waals surface area contributed by atoms with E-state index in [1.54, 1.807) is 22.5 Å². The SMILES string of the molecule is Nc1cccc(CS(=O)(=O)N2CCN(CC3CC3)CC2)c1. The van der Waals surface area contributed by atoms with E-state index >= 15 is 0 Å². The summed E-state index contributed by atoms with van der Waals surface area (Å²) in [5.41, 5.74) is 7.08. The summed E-state index contributed by atoms with van der Waals surface area (Å²) in [7, 11) is -3.24. The van der Waals surface area contributed by atoms with Gasteiger partial charge in [0.25, 0.3) is 0 Å². The van der Waals surface area contributed by atoms with Crippen molar-refractivity contribution in [1.29, 1.82) is 0 Å². The van der Waals surface area contributed by atoms with E-state index in [1.165, 1.54) is 12.8 Å². The Hall–Kier alpha value is -1.11. The van der Waals surface area contributed by atoms with Crippen LogP contribution in [-0.4, -0.2) is 50.3 Å². The van der Waals surface area contributed by atoms with Crippen molar-refractivity contribution >= 4 is 15.7 Å². The van der Waals surface area contributed by atoms with E-state index in [0.717, 1.165) is 31.1 Å². The maximum atomic E-state index is 12.5. The molecule has 21 heavy (non-hydrogen) atoms. The first-order valence-electron chi connectivity index (χ1n) is 7.57. The van der Waals surface area contributed by atoms with Gasteiger partial charge in [-0.3, -0.25) is 0 Å². The van der Waals surface area contributed by atoms with E-state index in [9.17, 15) is 8.42 Å². The molecule has 0 unspecified atom stereocenters. The highest BCUT2D eigenvalue weighted by molar-refractivity contribution is 7.88. The van der Waals surface area contributed by atoms with Gasteiger partial charge in [-0.1, -0.05) is 12.1 Å². The van der Waals surface area contributed by atoms with E-state index in [1.807, 2.05) is 6.07 Å². The summed E-state index contributed by atoms with van der Waals surface area (Å²) in [5.74, 6) is 0.904. The monoisotopic (exact) mass is 309 g/mol. The summed E-state index contributed by atoms with van der Waals surface area (Å²) in [4.78, 5) is 2.39. The predicted octanol–water partition coefficient (Wildman–Crippen LogP) is 1.13. The Morgan fingerprint density at radius 3 is 2.48 bits per heavy atom. The number of nitrogens with two attached hydrogens (primary N) is 1. The molecule has 1 aromatic carbocycles. The zero-order valence-electron chi connectivity index (χ0n) is 12.2. The Labute approximate surface area is 126 Å². The van der Waals surface area contributed by atoms with Crippen LogP contribution < -0.4 is 5.73 Å². The lowest BCUT2D eigenvalue weighted by Gasteiger charge is -2.34.